The summed E-state index contributed by atoms with van der Waals surface area (Å²) in [5.41, 5.74) is 5.02. The molecule has 1 saturated heterocycles. The second-order valence-corrected chi connectivity index (χ2v) is 9.10. The largest absolute Gasteiger partial charge is 0.444 e. The molecule has 1 aromatic heterocycles. The molecule has 0 bridgehead atoms. The van der Waals surface area contributed by atoms with Gasteiger partial charge in [0.15, 0.2) is 0 Å². The van der Waals surface area contributed by atoms with Crippen molar-refractivity contribution in [3.63, 3.8) is 0 Å². The number of fused-ring (bicyclic) bond motifs is 3. The van der Waals surface area contributed by atoms with E-state index in [0.717, 1.165) is 28.5 Å². The van der Waals surface area contributed by atoms with Crippen LogP contribution < -0.4 is 10.2 Å². The number of amides is 2. The van der Waals surface area contributed by atoms with Gasteiger partial charge in [-0.1, -0.05) is 44.2 Å². The first-order chi connectivity index (χ1) is 16.4. The zero-order valence-corrected chi connectivity index (χ0v) is 19.7. The van der Waals surface area contributed by atoms with Crippen molar-refractivity contribution in [1.29, 1.82) is 0 Å². The van der Waals surface area contributed by atoms with Gasteiger partial charge >= 0.3 is 6.09 Å². The highest BCUT2D eigenvalue weighted by Gasteiger charge is 2.33. The summed E-state index contributed by atoms with van der Waals surface area (Å²) in [7, 11) is 0. The van der Waals surface area contributed by atoms with Crippen LogP contribution in [-0.2, 0) is 16.1 Å². The molecule has 6 heteroatoms. The van der Waals surface area contributed by atoms with Crippen LogP contribution in [0, 0.1) is 0 Å². The molecule has 1 aliphatic heterocycles. The summed E-state index contributed by atoms with van der Waals surface area (Å²) >= 11 is 0. The fourth-order valence-electron chi connectivity index (χ4n) is 4.81. The molecular weight excluding hydrogens is 426 g/mol. The molecule has 4 aromatic rings. The van der Waals surface area contributed by atoms with Crippen LogP contribution in [0.15, 0.2) is 66.7 Å². The first-order valence-corrected chi connectivity index (χ1v) is 11.8. The quantitative estimate of drug-likeness (QED) is 0.385. The number of benzene rings is 3. The number of aryl methyl sites for hydroxylation is 1. The molecule has 2 heterocycles. The Bertz CT molecular complexity index is 1370. The number of rotatable bonds is 5. The van der Waals surface area contributed by atoms with Crippen LogP contribution in [0.1, 0.15) is 38.7 Å². The number of ether oxygens (including phenoxy) is 1. The molecule has 0 saturated carbocycles. The number of nitrogens with one attached hydrogen (secondary N) is 1. The summed E-state index contributed by atoms with van der Waals surface area (Å²) < 4.78 is 7.87. The van der Waals surface area contributed by atoms with Crippen LogP contribution in [-0.4, -0.2) is 29.2 Å². The molecule has 3 aromatic carbocycles. The van der Waals surface area contributed by atoms with Crippen LogP contribution in [0.4, 0.5) is 16.2 Å². The van der Waals surface area contributed by atoms with Crippen LogP contribution in [0.2, 0.25) is 0 Å². The molecule has 0 spiro atoms. The lowest BCUT2D eigenvalue weighted by atomic mass is 10.0. The minimum atomic E-state index is -0.548. The average Bonchev–Trinajstić information content (AvgIpc) is 3.35. The van der Waals surface area contributed by atoms with Gasteiger partial charge in [-0.2, -0.15) is 0 Å². The number of aromatic nitrogens is 1. The minimum absolute atomic E-state index is 0.0381. The average molecular weight is 456 g/mol. The van der Waals surface area contributed by atoms with Crippen molar-refractivity contribution < 1.29 is 14.3 Å². The smallest absolute Gasteiger partial charge is 0.411 e. The minimum Gasteiger partial charge on any atom is -0.444 e. The summed E-state index contributed by atoms with van der Waals surface area (Å²) in [6.45, 7) is 7.62. The zero-order chi connectivity index (χ0) is 23.8. The summed E-state index contributed by atoms with van der Waals surface area (Å²) in [5, 5.41) is 5.08. The Morgan fingerprint density at radius 3 is 2.50 bits per heavy atom. The molecule has 1 N–H and O–H groups in total. The topological polar surface area (TPSA) is 63.6 Å². The van der Waals surface area contributed by atoms with E-state index in [9.17, 15) is 9.59 Å². The normalized spacial score (nSPS) is 16.1. The van der Waals surface area contributed by atoms with Crippen LogP contribution in [0.5, 0.6) is 0 Å². The summed E-state index contributed by atoms with van der Waals surface area (Å²) in [4.78, 5) is 26.9. The lowest BCUT2D eigenvalue weighted by molar-refractivity contribution is -0.117. The second-order valence-electron chi connectivity index (χ2n) is 9.10. The maximum atomic E-state index is 12.6. The lowest BCUT2D eigenvalue weighted by Crippen LogP contribution is -2.28. The molecular formula is C28H29N3O3. The van der Waals surface area contributed by atoms with Gasteiger partial charge in [0.25, 0.3) is 0 Å². The van der Waals surface area contributed by atoms with E-state index < -0.39 is 12.2 Å². The highest BCUT2D eigenvalue weighted by Crippen LogP contribution is 2.31. The molecule has 34 heavy (non-hydrogen) atoms. The Morgan fingerprint density at radius 2 is 1.76 bits per heavy atom. The van der Waals surface area contributed by atoms with Crippen molar-refractivity contribution >= 4 is 45.2 Å². The number of para-hydroxylation sites is 1. The molecule has 2 amide bonds. The van der Waals surface area contributed by atoms with Gasteiger partial charge in [0.1, 0.15) is 6.10 Å². The van der Waals surface area contributed by atoms with Crippen molar-refractivity contribution in [2.24, 2.45) is 0 Å². The van der Waals surface area contributed by atoms with E-state index in [1.807, 2.05) is 54.6 Å². The third-order valence-corrected chi connectivity index (χ3v) is 6.57. The Hall–Kier alpha value is -3.80. The molecule has 1 aliphatic rings. The molecule has 0 radical (unpaired) electrons. The number of nitrogens with zero attached hydrogens (tertiary/aromatic N) is 2. The van der Waals surface area contributed by atoms with Gasteiger partial charge in [-0.25, -0.2) is 4.79 Å². The highest BCUT2D eigenvalue weighted by molar-refractivity contribution is 6.09. The SMILES string of the molecule is CCn1c2ccccc2c2cc(NC(=O)OC3CC(=O)N(c4ccc(C(C)C)cc4)C3)ccc21. The molecule has 1 unspecified atom stereocenters. The van der Waals surface area contributed by atoms with Crippen molar-refractivity contribution in [3.8, 4) is 0 Å². The maximum Gasteiger partial charge on any atom is 0.411 e. The van der Waals surface area contributed by atoms with E-state index in [1.54, 1.807) is 4.90 Å². The second kappa shape index (κ2) is 8.86. The summed E-state index contributed by atoms with van der Waals surface area (Å²) in [6.07, 6.45) is -0.848. The Kier molecular flexibility index (Phi) is 5.74. The molecule has 0 aliphatic carbocycles. The van der Waals surface area contributed by atoms with Crippen molar-refractivity contribution in [2.45, 2.75) is 45.8 Å². The first-order valence-electron chi connectivity index (χ1n) is 11.8. The van der Waals surface area contributed by atoms with Gasteiger partial charge in [0, 0.05) is 39.7 Å². The summed E-state index contributed by atoms with van der Waals surface area (Å²) in [6, 6.07) is 22.2. The van der Waals surface area contributed by atoms with Crippen LogP contribution >= 0.6 is 0 Å². The third-order valence-electron chi connectivity index (χ3n) is 6.57. The van der Waals surface area contributed by atoms with Gasteiger partial charge in [-0.3, -0.25) is 10.1 Å². The van der Waals surface area contributed by atoms with Gasteiger partial charge < -0.3 is 14.2 Å². The van der Waals surface area contributed by atoms with Gasteiger partial charge in [0.05, 0.1) is 13.0 Å². The number of anilines is 2. The van der Waals surface area contributed by atoms with E-state index in [4.69, 9.17) is 4.74 Å². The van der Waals surface area contributed by atoms with Gasteiger partial charge in [-0.05, 0) is 54.8 Å². The maximum absolute atomic E-state index is 12.6. The van der Waals surface area contributed by atoms with Crippen molar-refractivity contribution in [1.82, 2.24) is 4.57 Å². The fourth-order valence-corrected chi connectivity index (χ4v) is 4.81. The number of hydrogen-bond acceptors (Lipinski definition) is 3. The Balaban J connectivity index is 1.28. The molecule has 1 atom stereocenters. The summed E-state index contributed by atoms with van der Waals surface area (Å²) in [5.74, 6) is 0.393. The van der Waals surface area contributed by atoms with E-state index >= 15 is 0 Å². The third kappa shape index (κ3) is 4.00. The predicted molar refractivity (Wildman–Crippen MR) is 137 cm³/mol. The Labute approximate surface area is 199 Å². The molecule has 6 nitrogen and oxygen atoms in total. The number of hydrogen-bond donors (Lipinski definition) is 1. The van der Waals surface area contributed by atoms with Gasteiger partial charge in [-0.15, -0.1) is 0 Å². The zero-order valence-electron chi connectivity index (χ0n) is 19.7. The molecule has 174 valence electrons. The van der Waals surface area contributed by atoms with Crippen LogP contribution in [0.3, 0.4) is 0 Å². The molecule has 1 fully saturated rings. The van der Waals surface area contributed by atoms with E-state index in [0.29, 0.717) is 18.2 Å². The van der Waals surface area contributed by atoms with Crippen molar-refractivity contribution in [2.75, 3.05) is 16.8 Å². The highest BCUT2D eigenvalue weighted by atomic mass is 16.6. The first kappa shape index (κ1) is 22.0. The lowest BCUT2D eigenvalue weighted by Gasteiger charge is -2.18. The Morgan fingerprint density at radius 1 is 1.03 bits per heavy atom. The van der Waals surface area contributed by atoms with Crippen LogP contribution in [0.25, 0.3) is 21.8 Å². The molecule has 5 rings (SSSR count). The van der Waals surface area contributed by atoms with E-state index in [2.05, 4.69) is 42.8 Å². The fraction of sp³-hybridized carbons (Fsp3) is 0.286. The number of carbonyl (C=O) groups excluding carboxylic acids is 2. The van der Waals surface area contributed by atoms with Crippen molar-refractivity contribution in [3.05, 3.63) is 72.3 Å². The number of carbonyl (C=O) groups is 2. The predicted octanol–water partition coefficient (Wildman–Crippen LogP) is 6.29. The monoisotopic (exact) mass is 455 g/mol. The standard InChI is InChI=1S/C28H29N3O3/c1-4-30-25-8-6-5-7-23(25)24-15-20(11-14-26(24)30)29-28(33)34-22-16-27(32)31(17-22)21-12-9-19(10-13-21)18(2)3/h5-15,18,22H,4,16-17H2,1-3H3,(H,29,33). The van der Waals surface area contributed by atoms with E-state index in [1.165, 1.54) is 11.1 Å². The van der Waals surface area contributed by atoms with E-state index in [-0.39, 0.29) is 12.3 Å². The van der Waals surface area contributed by atoms with Gasteiger partial charge in [0.2, 0.25) is 5.91 Å².